The van der Waals surface area contributed by atoms with Crippen LogP contribution in [0.5, 0.6) is 5.75 Å². The van der Waals surface area contributed by atoms with E-state index in [-0.39, 0.29) is 11.8 Å². The van der Waals surface area contributed by atoms with Crippen molar-refractivity contribution in [1.29, 1.82) is 0 Å². The monoisotopic (exact) mass is 449 g/mol. The van der Waals surface area contributed by atoms with Crippen molar-refractivity contribution in [2.24, 2.45) is 5.92 Å². The lowest BCUT2D eigenvalue weighted by molar-refractivity contribution is -0.143. The summed E-state index contributed by atoms with van der Waals surface area (Å²) in [5, 5.41) is 0.948. The van der Waals surface area contributed by atoms with Crippen LogP contribution in [-0.4, -0.2) is 54.2 Å². The third kappa shape index (κ3) is 4.25. The number of ether oxygens (including phenoxy) is 2. The molecular weight excluding hydrogens is 421 g/mol. The summed E-state index contributed by atoms with van der Waals surface area (Å²) in [7, 11) is 3.04. The molecule has 2 aliphatic rings. The fourth-order valence-electron chi connectivity index (χ4n) is 5.07. The summed E-state index contributed by atoms with van der Waals surface area (Å²) in [5.74, 6) is 0.671. The third-order valence-electron chi connectivity index (χ3n) is 6.98. The zero-order valence-corrected chi connectivity index (χ0v) is 18.9. The molecule has 1 N–H and O–H groups in total. The molecule has 2 aromatic heterocycles. The first-order valence-electron chi connectivity index (χ1n) is 11.4. The number of esters is 1. The molecule has 0 saturated heterocycles. The normalized spacial score (nSPS) is 20.9. The SMILES string of the molecule is COC(=O)CC1CC(N2CC=C(c3cc4c(-c5cc(F)ccc5OC)ccnc4[nH]3)CC2)C1. The highest BCUT2D eigenvalue weighted by atomic mass is 19.1. The van der Waals surface area contributed by atoms with Gasteiger partial charge < -0.3 is 14.5 Å². The van der Waals surface area contributed by atoms with E-state index in [4.69, 9.17) is 9.47 Å². The van der Waals surface area contributed by atoms with E-state index in [9.17, 15) is 9.18 Å². The maximum Gasteiger partial charge on any atom is 0.305 e. The Kier molecular flexibility index (Phi) is 5.89. The number of hydrogen-bond donors (Lipinski definition) is 1. The van der Waals surface area contributed by atoms with E-state index in [1.165, 1.54) is 24.8 Å². The molecular formula is C26H28FN3O3. The van der Waals surface area contributed by atoms with Gasteiger partial charge in [0, 0.05) is 48.4 Å². The molecule has 7 heteroatoms. The smallest absolute Gasteiger partial charge is 0.305 e. The van der Waals surface area contributed by atoms with Crippen molar-refractivity contribution in [1.82, 2.24) is 14.9 Å². The Bertz CT molecular complexity index is 1210. The molecule has 1 fully saturated rings. The quantitative estimate of drug-likeness (QED) is 0.547. The predicted octanol–water partition coefficient (Wildman–Crippen LogP) is 4.81. The molecule has 0 atom stereocenters. The summed E-state index contributed by atoms with van der Waals surface area (Å²) in [6.07, 6.45) is 7.62. The average molecular weight is 450 g/mol. The highest BCUT2D eigenvalue weighted by Gasteiger charge is 2.35. The van der Waals surface area contributed by atoms with Gasteiger partial charge in [0.15, 0.2) is 0 Å². The van der Waals surface area contributed by atoms with E-state index in [2.05, 4.69) is 27.0 Å². The van der Waals surface area contributed by atoms with Gasteiger partial charge in [-0.1, -0.05) is 6.08 Å². The van der Waals surface area contributed by atoms with Crippen molar-refractivity contribution >= 4 is 22.6 Å². The number of methoxy groups -OCH3 is 2. The van der Waals surface area contributed by atoms with E-state index in [1.807, 2.05) is 6.07 Å². The number of nitrogens with zero attached hydrogens (tertiary/aromatic N) is 2. The summed E-state index contributed by atoms with van der Waals surface area (Å²) in [4.78, 5) is 21.9. The molecule has 5 rings (SSSR count). The molecule has 3 aromatic rings. The third-order valence-corrected chi connectivity index (χ3v) is 6.98. The zero-order valence-electron chi connectivity index (χ0n) is 18.9. The number of pyridine rings is 1. The highest BCUT2D eigenvalue weighted by molar-refractivity contribution is 5.96. The molecule has 172 valence electrons. The van der Waals surface area contributed by atoms with Crippen molar-refractivity contribution in [3.63, 3.8) is 0 Å². The molecule has 1 aliphatic carbocycles. The minimum absolute atomic E-state index is 0.109. The summed E-state index contributed by atoms with van der Waals surface area (Å²) in [5.41, 5.74) is 4.71. The maximum absolute atomic E-state index is 14.0. The van der Waals surface area contributed by atoms with Crippen LogP contribution in [-0.2, 0) is 9.53 Å². The van der Waals surface area contributed by atoms with Gasteiger partial charge >= 0.3 is 5.97 Å². The van der Waals surface area contributed by atoms with Crippen molar-refractivity contribution in [2.45, 2.75) is 31.7 Å². The molecule has 6 nitrogen and oxygen atoms in total. The van der Waals surface area contributed by atoms with Crippen molar-refractivity contribution in [2.75, 3.05) is 27.3 Å². The van der Waals surface area contributed by atoms with Crippen LogP contribution in [0.25, 0.3) is 27.7 Å². The number of rotatable bonds is 6. The second kappa shape index (κ2) is 8.98. The largest absolute Gasteiger partial charge is 0.496 e. The first-order valence-corrected chi connectivity index (χ1v) is 11.4. The zero-order chi connectivity index (χ0) is 22.9. The van der Waals surface area contributed by atoms with E-state index < -0.39 is 0 Å². The summed E-state index contributed by atoms with van der Waals surface area (Å²) in [6.45, 7) is 1.90. The van der Waals surface area contributed by atoms with E-state index in [0.717, 1.165) is 54.6 Å². The number of nitrogens with one attached hydrogen (secondary N) is 1. The minimum atomic E-state index is -0.300. The molecule has 0 radical (unpaired) electrons. The Morgan fingerprint density at radius 3 is 2.79 bits per heavy atom. The number of carbonyl (C=O) groups is 1. The average Bonchev–Trinajstić information content (AvgIpc) is 3.25. The van der Waals surface area contributed by atoms with Crippen LogP contribution >= 0.6 is 0 Å². The lowest BCUT2D eigenvalue weighted by Crippen LogP contribution is -2.46. The van der Waals surface area contributed by atoms with E-state index >= 15 is 0 Å². The van der Waals surface area contributed by atoms with Gasteiger partial charge in [0.25, 0.3) is 0 Å². The molecule has 1 aromatic carbocycles. The van der Waals surface area contributed by atoms with Crippen LogP contribution in [0, 0.1) is 11.7 Å². The van der Waals surface area contributed by atoms with Crippen LogP contribution in [0.3, 0.4) is 0 Å². The van der Waals surface area contributed by atoms with Gasteiger partial charge in [0.05, 0.1) is 14.2 Å². The van der Waals surface area contributed by atoms with E-state index in [0.29, 0.717) is 29.7 Å². The van der Waals surface area contributed by atoms with Gasteiger partial charge in [-0.2, -0.15) is 0 Å². The standard InChI is InChI=1S/C26H28FN3O3/c1-32-24-4-3-18(27)14-21(24)20-5-8-28-26-22(20)15-23(29-26)17-6-9-30(10-7-17)19-11-16(12-19)13-25(31)33-2/h3-6,8,14-16,19H,7,9-13H2,1-2H3,(H,28,29). The van der Waals surface area contributed by atoms with Crippen LogP contribution in [0.1, 0.15) is 31.4 Å². The number of aromatic nitrogens is 2. The molecule has 0 bridgehead atoms. The number of H-pyrrole nitrogens is 1. The topological polar surface area (TPSA) is 67.4 Å². The van der Waals surface area contributed by atoms with Crippen LogP contribution in [0.15, 0.2) is 42.6 Å². The van der Waals surface area contributed by atoms with Gasteiger partial charge in [0.1, 0.15) is 17.2 Å². The fraction of sp³-hybridized carbons (Fsp3) is 0.385. The number of benzene rings is 1. The lowest BCUT2D eigenvalue weighted by atomic mass is 9.77. The number of fused-ring (bicyclic) bond motifs is 1. The first-order chi connectivity index (χ1) is 16.1. The highest BCUT2D eigenvalue weighted by Crippen LogP contribution is 2.38. The van der Waals surface area contributed by atoms with Crippen molar-refractivity contribution in [3.8, 4) is 16.9 Å². The predicted molar refractivity (Wildman–Crippen MR) is 125 cm³/mol. The van der Waals surface area contributed by atoms with Crippen LogP contribution in [0.4, 0.5) is 4.39 Å². The maximum atomic E-state index is 14.0. The molecule has 0 unspecified atom stereocenters. The number of aromatic amines is 1. The number of carbonyl (C=O) groups excluding carboxylic acids is 1. The second-order valence-electron chi connectivity index (χ2n) is 8.89. The molecule has 3 heterocycles. The Hall–Kier alpha value is -3.19. The Morgan fingerprint density at radius 2 is 2.06 bits per heavy atom. The molecule has 1 aliphatic heterocycles. The molecule has 33 heavy (non-hydrogen) atoms. The Balaban J connectivity index is 1.33. The second-order valence-corrected chi connectivity index (χ2v) is 8.89. The number of halogens is 1. The molecule has 1 saturated carbocycles. The van der Waals surface area contributed by atoms with E-state index in [1.54, 1.807) is 19.4 Å². The summed E-state index contributed by atoms with van der Waals surface area (Å²) < 4.78 is 24.2. The lowest BCUT2D eigenvalue weighted by Gasteiger charge is -2.43. The fourth-order valence-corrected chi connectivity index (χ4v) is 5.07. The van der Waals surface area contributed by atoms with Crippen molar-refractivity contribution in [3.05, 3.63) is 54.1 Å². The van der Waals surface area contributed by atoms with Gasteiger partial charge in [-0.15, -0.1) is 0 Å². The van der Waals surface area contributed by atoms with Crippen molar-refractivity contribution < 1.29 is 18.7 Å². The van der Waals surface area contributed by atoms with Gasteiger partial charge in [0.2, 0.25) is 0 Å². The molecule has 0 spiro atoms. The summed E-state index contributed by atoms with van der Waals surface area (Å²) >= 11 is 0. The van der Waals surface area contributed by atoms with Gasteiger partial charge in [-0.25, -0.2) is 9.37 Å². The minimum Gasteiger partial charge on any atom is -0.496 e. The molecule has 0 amide bonds. The Labute approximate surface area is 192 Å². The van der Waals surface area contributed by atoms with Gasteiger partial charge in [-0.3, -0.25) is 9.69 Å². The Morgan fingerprint density at radius 1 is 1.21 bits per heavy atom. The van der Waals surface area contributed by atoms with Crippen LogP contribution < -0.4 is 4.74 Å². The van der Waals surface area contributed by atoms with Crippen LogP contribution in [0.2, 0.25) is 0 Å². The van der Waals surface area contributed by atoms with Gasteiger partial charge in [-0.05, 0) is 66.6 Å². The number of hydrogen-bond acceptors (Lipinski definition) is 5. The summed E-state index contributed by atoms with van der Waals surface area (Å²) in [6, 6.07) is 9.12. The first kappa shape index (κ1) is 21.6.